The molecule has 0 radical (unpaired) electrons. The average molecular weight is 729 g/mol. The molecule has 5 rings (SSSR count). The number of hydrogen-bond donors (Lipinski definition) is 1. The number of methoxy groups -OCH3 is 1. The van der Waals surface area contributed by atoms with Crippen LogP contribution in [0.15, 0.2) is 66.9 Å². The number of pyridine rings is 1. The van der Waals surface area contributed by atoms with E-state index in [0.29, 0.717) is 40.6 Å². The summed E-state index contributed by atoms with van der Waals surface area (Å²) in [6, 6.07) is 8.65. The Morgan fingerprint density at radius 3 is 1.98 bits per heavy atom. The molecule has 1 saturated heterocycles. The monoisotopic (exact) mass is 728 g/mol. The number of aryl methyl sites for hydroxylation is 1. The fourth-order valence-corrected chi connectivity index (χ4v) is 6.93. The third kappa shape index (κ3) is 7.39. The van der Waals surface area contributed by atoms with Gasteiger partial charge in [-0.2, -0.15) is 39.5 Å². The molecule has 0 bridgehead atoms. The number of aromatic carboxylic acids is 1. The fourth-order valence-electron chi connectivity index (χ4n) is 5.73. The topological polar surface area (TPSA) is 79.7 Å². The Labute approximate surface area is 282 Å². The normalized spacial score (nSPS) is 17.0. The largest absolute Gasteiger partial charge is 0.481 e. The number of benzene rings is 3. The second-order valence-corrected chi connectivity index (χ2v) is 12.6. The molecule has 2 heterocycles. The molecular formula is C34H25F9N2O4S. The van der Waals surface area contributed by atoms with E-state index in [-0.39, 0.29) is 34.2 Å². The van der Waals surface area contributed by atoms with Gasteiger partial charge >= 0.3 is 24.5 Å². The zero-order valence-corrected chi connectivity index (χ0v) is 26.9. The predicted octanol–water partition coefficient (Wildman–Crippen LogP) is 10.3. The second kappa shape index (κ2) is 13.2. The maximum Gasteiger partial charge on any atom is 0.416 e. The van der Waals surface area contributed by atoms with Crippen LogP contribution in [-0.4, -0.2) is 39.4 Å². The lowest BCUT2D eigenvalue weighted by molar-refractivity contribution is -0.143. The number of carboxylic acid groups (broad SMARTS) is 1. The maximum atomic E-state index is 13.9. The molecule has 6 nitrogen and oxygen atoms in total. The van der Waals surface area contributed by atoms with Crippen molar-refractivity contribution in [2.75, 3.05) is 7.11 Å². The lowest BCUT2D eigenvalue weighted by Gasteiger charge is -2.26. The highest BCUT2D eigenvalue weighted by molar-refractivity contribution is 8.14. The minimum atomic E-state index is -5.13. The number of hydrogen-bond acceptors (Lipinski definition) is 5. The summed E-state index contributed by atoms with van der Waals surface area (Å²) in [5.41, 5.74) is -2.74. The Morgan fingerprint density at radius 1 is 0.840 bits per heavy atom. The van der Waals surface area contributed by atoms with E-state index in [1.54, 1.807) is 19.1 Å². The molecule has 1 aromatic heterocycles. The van der Waals surface area contributed by atoms with E-state index < -0.39 is 69.8 Å². The van der Waals surface area contributed by atoms with Gasteiger partial charge in [0.05, 0.1) is 34.6 Å². The number of amides is 1. The third-order valence-corrected chi connectivity index (χ3v) is 9.58. The predicted molar refractivity (Wildman–Crippen MR) is 166 cm³/mol. The highest BCUT2D eigenvalue weighted by atomic mass is 32.2. The van der Waals surface area contributed by atoms with Crippen molar-refractivity contribution in [1.29, 1.82) is 0 Å². The number of halogens is 9. The third-order valence-electron chi connectivity index (χ3n) is 8.22. The summed E-state index contributed by atoms with van der Waals surface area (Å²) in [6.45, 7) is 2.54. The Balaban J connectivity index is 1.59. The molecule has 50 heavy (non-hydrogen) atoms. The molecule has 1 amide bonds. The molecule has 264 valence electrons. The van der Waals surface area contributed by atoms with Gasteiger partial charge in [-0.15, -0.1) is 0 Å². The summed E-state index contributed by atoms with van der Waals surface area (Å²) in [6.07, 6.45) is -13.6. The molecule has 0 saturated carbocycles. The summed E-state index contributed by atoms with van der Waals surface area (Å²) < 4.78 is 129. The van der Waals surface area contributed by atoms with E-state index in [1.807, 2.05) is 0 Å². The van der Waals surface area contributed by atoms with E-state index in [2.05, 4.69) is 4.98 Å². The Morgan fingerprint density at radius 2 is 1.44 bits per heavy atom. The Kier molecular flexibility index (Phi) is 9.64. The molecule has 0 aliphatic carbocycles. The SMILES string of the molecule is COc1ncc(-c2ccc(C(=O)O)cc2C)cc1-c1ccc(C(F)(F)F)cc1CN1C(=O)S[C@H](c2cc(C(F)(F)F)cc(C(F)(F)F)c2)[C@@H]1C. The minimum absolute atomic E-state index is 0.00809. The van der Waals surface area contributed by atoms with Crippen LogP contribution in [0, 0.1) is 6.92 Å². The van der Waals surface area contributed by atoms with Gasteiger partial charge in [0.1, 0.15) is 0 Å². The number of carboxylic acids is 1. The zero-order chi connectivity index (χ0) is 36.9. The van der Waals surface area contributed by atoms with Crippen LogP contribution in [0.5, 0.6) is 5.88 Å². The van der Waals surface area contributed by atoms with Gasteiger partial charge < -0.3 is 14.7 Å². The summed E-state index contributed by atoms with van der Waals surface area (Å²) in [5.74, 6) is -1.16. The molecule has 0 unspecified atom stereocenters. The molecule has 1 N–H and O–H groups in total. The Bertz CT molecular complexity index is 1940. The number of carbonyl (C=O) groups excluding carboxylic acids is 1. The molecule has 1 aliphatic heterocycles. The number of carbonyl (C=O) groups is 2. The zero-order valence-electron chi connectivity index (χ0n) is 26.1. The van der Waals surface area contributed by atoms with Crippen LogP contribution in [0.2, 0.25) is 0 Å². The molecule has 16 heteroatoms. The molecule has 3 aromatic carbocycles. The number of nitrogens with zero attached hydrogens (tertiary/aromatic N) is 2. The highest BCUT2D eigenvalue weighted by Crippen LogP contribution is 2.48. The number of alkyl halides is 9. The van der Waals surface area contributed by atoms with Crippen molar-refractivity contribution in [3.8, 4) is 28.1 Å². The molecule has 2 atom stereocenters. The van der Waals surface area contributed by atoms with Crippen molar-refractivity contribution in [2.45, 2.75) is 50.2 Å². The standard InChI is InChI=1S/C34H25F9N2O4S/c1-16-8-18(30(46)47)4-6-25(16)20-12-27(29(49-3)44-14-20)26-7-5-22(32(35,36)37)11-21(26)15-45-17(2)28(50-31(45)48)19-9-23(33(38,39)40)13-24(10-19)34(41,42)43/h4-14,17,28H,15H2,1-3H3,(H,46,47)/t17-,28-/m0/s1. The van der Waals surface area contributed by atoms with Crippen LogP contribution < -0.4 is 4.74 Å². The summed E-state index contributed by atoms with van der Waals surface area (Å²) in [7, 11) is 1.28. The summed E-state index contributed by atoms with van der Waals surface area (Å²) in [5, 5.41) is 7.34. The van der Waals surface area contributed by atoms with Gasteiger partial charge in [0.25, 0.3) is 5.24 Å². The Hall–Kier alpha value is -4.73. The summed E-state index contributed by atoms with van der Waals surface area (Å²) >= 11 is 0.468. The lowest BCUT2D eigenvalue weighted by Crippen LogP contribution is -2.31. The second-order valence-electron chi connectivity index (χ2n) is 11.5. The number of rotatable bonds is 7. The number of aromatic nitrogens is 1. The van der Waals surface area contributed by atoms with Crippen molar-refractivity contribution >= 4 is 23.0 Å². The number of thioether (sulfide) groups is 1. The maximum absolute atomic E-state index is 13.9. The number of ether oxygens (including phenoxy) is 1. The van der Waals surface area contributed by atoms with Crippen LogP contribution in [-0.2, 0) is 25.1 Å². The van der Waals surface area contributed by atoms with Gasteiger partial charge in [-0.1, -0.05) is 23.9 Å². The van der Waals surface area contributed by atoms with Gasteiger partial charge in [0, 0.05) is 29.9 Å². The molecule has 1 aliphatic rings. The van der Waals surface area contributed by atoms with E-state index >= 15 is 0 Å². The van der Waals surface area contributed by atoms with Gasteiger partial charge in [-0.25, -0.2) is 9.78 Å². The first-order valence-electron chi connectivity index (χ1n) is 14.5. The van der Waals surface area contributed by atoms with Crippen molar-refractivity contribution in [3.63, 3.8) is 0 Å². The molecular weight excluding hydrogens is 703 g/mol. The van der Waals surface area contributed by atoms with Crippen molar-refractivity contribution < 1.29 is 58.9 Å². The fraction of sp³-hybridized carbons (Fsp3) is 0.265. The van der Waals surface area contributed by atoms with Crippen molar-refractivity contribution in [3.05, 3.63) is 106 Å². The van der Waals surface area contributed by atoms with Crippen LogP contribution in [0.3, 0.4) is 0 Å². The van der Waals surface area contributed by atoms with Gasteiger partial charge in [0.2, 0.25) is 5.88 Å². The first-order chi connectivity index (χ1) is 23.2. The van der Waals surface area contributed by atoms with Gasteiger partial charge in [-0.3, -0.25) is 4.79 Å². The van der Waals surface area contributed by atoms with E-state index in [1.165, 1.54) is 32.4 Å². The lowest BCUT2D eigenvalue weighted by atomic mass is 9.93. The van der Waals surface area contributed by atoms with E-state index in [9.17, 15) is 54.2 Å². The molecule has 1 fully saturated rings. The van der Waals surface area contributed by atoms with E-state index in [0.717, 1.165) is 23.1 Å². The summed E-state index contributed by atoms with van der Waals surface area (Å²) in [4.78, 5) is 30.1. The first-order valence-corrected chi connectivity index (χ1v) is 15.4. The smallest absolute Gasteiger partial charge is 0.416 e. The highest BCUT2D eigenvalue weighted by Gasteiger charge is 2.43. The molecule has 4 aromatic rings. The van der Waals surface area contributed by atoms with Crippen LogP contribution in [0.4, 0.5) is 44.3 Å². The minimum Gasteiger partial charge on any atom is -0.481 e. The van der Waals surface area contributed by atoms with Crippen LogP contribution in [0.1, 0.15) is 55.9 Å². The first kappa shape index (κ1) is 36.5. The van der Waals surface area contributed by atoms with Crippen LogP contribution in [0.25, 0.3) is 22.3 Å². The van der Waals surface area contributed by atoms with Crippen molar-refractivity contribution in [1.82, 2.24) is 9.88 Å². The quantitative estimate of drug-likeness (QED) is 0.191. The van der Waals surface area contributed by atoms with Crippen LogP contribution >= 0.6 is 11.8 Å². The van der Waals surface area contributed by atoms with Crippen molar-refractivity contribution in [2.24, 2.45) is 0 Å². The average Bonchev–Trinajstić information content (AvgIpc) is 3.31. The van der Waals surface area contributed by atoms with Gasteiger partial charge in [0.15, 0.2) is 0 Å². The van der Waals surface area contributed by atoms with E-state index in [4.69, 9.17) is 4.74 Å². The van der Waals surface area contributed by atoms with Gasteiger partial charge in [-0.05, 0) is 90.2 Å². The molecule has 0 spiro atoms.